The van der Waals surface area contributed by atoms with Gasteiger partial charge >= 0.3 is 0 Å². The van der Waals surface area contributed by atoms with Crippen molar-refractivity contribution in [2.45, 2.75) is 70.1 Å². The lowest BCUT2D eigenvalue weighted by Crippen LogP contribution is -2.39. The van der Waals surface area contributed by atoms with E-state index in [1.165, 1.54) is 25.7 Å². The lowest BCUT2D eigenvalue weighted by molar-refractivity contribution is 0.158. The van der Waals surface area contributed by atoms with Crippen molar-refractivity contribution < 1.29 is 0 Å². The number of nitrogens with zero attached hydrogens (tertiary/aromatic N) is 3. The number of hydrogen-bond donors (Lipinski definition) is 1. The molecule has 0 aromatic carbocycles. The maximum absolute atomic E-state index is 4.80. The highest BCUT2D eigenvalue weighted by molar-refractivity contribution is 5.10. The Balaban J connectivity index is 1.70. The van der Waals surface area contributed by atoms with Gasteiger partial charge in [-0.3, -0.25) is 0 Å². The van der Waals surface area contributed by atoms with E-state index in [1.54, 1.807) is 0 Å². The maximum Gasteiger partial charge on any atom is 0.131 e. The van der Waals surface area contributed by atoms with Crippen molar-refractivity contribution in [3.8, 4) is 0 Å². The Morgan fingerprint density at radius 2 is 2.00 bits per heavy atom. The standard InChI is InChI=1S/C16H26N4/c1-11(2)18-10-13-6-7-17-16(19-13)12-8-14-4-5-15(9-12)20(14)3/h6-7,11-12,14-15,18H,4-5,8-10H2,1-3H3. The summed E-state index contributed by atoms with van der Waals surface area (Å²) in [6.45, 7) is 5.17. The summed E-state index contributed by atoms with van der Waals surface area (Å²) in [5.41, 5.74) is 1.12. The largest absolute Gasteiger partial charge is 0.309 e. The Bertz CT molecular complexity index is 446. The molecule has 3 heterocycles. The van der Waals surface area contributed by atoms with Crippen LogP contribution in [0.15, 0.2) is 12.3 Å². The zero-order valence-corrected chi connectivity index (χ0v) is 12.8. The molecule has 2 atom stereocenters. The molecule has 1 aromatic rings. The summed E-state index contributed by atoms with van der Waals surface area (Å²) in [6.07, 6.45) is 7.10. The molecule has 20 heavy (non-hydrogen) atoms. The molecule has 1 N–H and O–H groups in total. The van der Waals surface area contributed by atoms with Gasteiger partial charge in [0.15, 0.2) is 0 Å². The van der Waals surface area contributed by atoms with E-state index in [-0.39, 0.29) is 0 Å². The molecule has 0 amide bonds. The predicted molar refractivity (Wildman–Crippen MR) is 80.6 cm³/mol. The Kier molecular flexibility index (Phi) is 4.03. The summed E-state index contributed by atoms with van der Waals surface area (Å²) in [5, 5.41) is 3.43. The molecule has 2 fully saturated rings. The molecule has 2 aliphatic heterocycles. The summed E-state index contributed by atoms with van der Waals surface area (Å²) < 4.78 is 0. The third kappa shape index (κ3) is 2.86. The van der Waals surface area contributed by atoms with Crippen molar-refractivity contribution in [3.05, 3.63) is 23.8 Å². The predicted octanol–water partition coefficient (Wildman–Crippen LogP) is 2.31. The van der Waals surface area contributed by atoms with Crippen molar-refractivity contribution in [1.29, 1.82) is 0 Å². The Hall–Kier alpha value is -1.00. The van der Waals surface area contributed by atoms with Crippen LogP contribution < -0.4 is 5.32 Å². The van der Waals surface area contributed by atoms with Gasteiger partial charge in [-0.25, -0.2) is 9.97 Å². The molecule has 0 spiro atoms. The zero-order chi connectivity index (χ0) is 14.1. The van der Waals surface area contributed by atoms with Gasteiger partial charge in [-0.1, -0.05) is 13.8 Å². The van der Waals surface area contributed by atoms with Gasteiger partial charge in [-0.05, 0) is 38.8 Å². The monoisotopic (exact) mass is 274 g/mol. The highest BCUT2D eigenvalue weighted by Crippen LogP contribution is 2.40. The minimum absolute atomic E-state index is 0.493. The third-order valence-electron chi connectivity index (χ3n) is 4.89. The van der Waals surface area contributed by atoms with E-state index in [9.17, 15) is 0 Å². The molecule has 2 saturated heterocycles. The minimum Gasteiger partial charge on any atom is -0.309 e. The van der Waals surface area contributed by atoms with Crippen molar-refractivity contribution in [2.24, 2.45) is 0 Å². The normalized spacial score (nSPS) is 30.1. The van der Waals surface area contributed by atoms with E-state index in [0.717, 1.165) is 30.1 Å². The average molecular weight is 274 g/mol. The molecule has 2 bridgehead atoms. The molecule has 0 saturated carbocycles. The quantitative estimate of drug-likeness (QED) is 0.915. The Labute approximate surface area is 122 Å². The number of hydrogen-bond acceptors (Lipinski definition) is 4. The Morgan fingerprint density at radius 1 is 1.30 bits per heavy atom. The number of fused-ring (bicyclic) bond motifs is 2. The number of rotatable bonds is 4. The van der Waals surface area contributed by atoms with Gasteiger partial charge in [0, 0.05) is 36.8 Å². The van der Waals surface area contributed by atoms with Gasteiger partial charge in [-0.2, -0.15) is 0 Å². The van der Waals surface area contributed by atoms with Gasteiger partial charge in [-0.15, -0.1) is 0 Å². The molecular weight excluding hydrogens is 248 g/mol. The fourth-order valence-electron chi connectivity index (χ4n) is 3.64. The number of aromatic nitrogens is 2. The van der Waals surface area contributed by atoms with Crippen LogP contribution in [-0.4, -0.2) is 40.0 Å². The number of nitrogens with one attached hydrogen (secondary N) is 1. The number of piperidine rings is 1. The van der Waals surface area contributed by atoms with E-state index >= 15 is 0 Å². The van der Waals surface area contributed by atoms with E-state index < -0.39 is 0 Å². The molecule has 0 aliphatic carbocycles. The van der Waals surface area contributed by atoms with Crippen molar-refractivity contribution in [2.75, 3.05) is 7.05 Å². The van der Waals surface area contributed by atoms with Gasteiger partial charge in [0.25, 0.3) is 0 Å². The lowest BCUT2D eigenvalue weighted by Gasteiger charge is -2.35. The third-order valence-corrected chi connectivity index (χ3v) is 4.89. The van der Waals surface area contributed by atoms with Gasteiger partial charge < -0.3 is 10.2 Å². The summed E-state index contributed by atoms with van der Waals surface area (Å²) in [6, 6.07) is 4.02. The van der Waals surface area contributed by atoms with Crippen molar-refractivity contribution >= 4 is 0 Å². The van der Waals surface area contributed by atoms with Gasteiger partial charge in [0.05, 0.1) is 5.69 Å². The van der Waals surface area contributed by atoms with Crippen LogP contribution in [-0.2, 0) is 6.54 Å². The SMILES string of the molecule is CC(C)NCc1ccnc(C2CC3CCC(C2)N3C)n1. The second-order valence-electron chi connectivity index (χ2n) is 6.66. The first kappa shape index (κ1) is 14.0. The summed E-state index contributed by atoms with van der Waals surface area (Å²) in [7, 11) is 2.28. The minimum atomic E-state index is 0.493. The molecule has 2 aliphatic rings. The van der Waals surface area contributed by atoms with E-state index in [0.29, 0.717) is 12.0 Å². The molecule has 0 radical (unpaired) electrons. The maximum atomic E-state index is 4.80. The van der Waals surface area contributed by atoms with Crippen LogP contribution in [0.25, 0.3) is 0 Å². The van der Waals surface area contributed by atoms with E-state index in [1.807, 2.05) is 12.3 Å². The van der Waals surface area contributed by atoms with Crippen molar-refractivity contribution in [1.82, 2.24) is 20.2 Å². The zero-order valence-electron chi connectivity index (χ0n) is 12.8. The van der Waals surface area contributed by atoms with Crippen LogP contribution in [0.1, 0.15) is 57.0 Å². The van der Waals surface area contributed by atoms with E-state index in [2.05, 4.69) is 36.1 Å². The van der Waals surface area contributed by atoms with Crippen LogP contribution in [0, 0.1) is 0 Å². The first-order chi connectivity index (χ1) is 9.63. The fraction of sp³-hybridized carbons (Fsp3) is 0.750. The summed E-state index contributed by atoms with van der Waals surface area (Å²) in [5.74, 6) is 1.63. The smallest absolute Gasteiger partial charge is 0.131 e. The molecule has 4 nitrogen and oxygen atoms in total. The second-order valence-corrected chi connectivity index (χ2v) is 6.66. The Morgan fingerprint density at radius 3 is 2.65 bits per heavy atom. The second kappa shape index (κ2) is 5.78. The van der Waals surface area contributed by atoms with Crippen LogP contribution in [0.4, 0.5) is 0 Å². The van der Waals surface area contributed by atoms with Crippen LogP contribution >= 0.6 is 0 Å². The van der Waals surface area contributed by atoms with Crippen LogP contribution in [0.2, 0.25) is 0 Å². The van der Waals surface area contributed by atoms with Crippen LogP contribution in [0.5, 0.6) is 0 Å². The summed E-state index contributed by atoms with van der Waals surface area (Å²) in [4.78, 5) is 11.9. The lowest BCUT2D eigenvalue weighted by atomic mass is 9.90. The average Bonchev–Trinajstić information content (AvgIpc) is 2.67. The molecular formula is C16H26N4. The molecule has 4 heteroatoms. The van der Waals surface area contributed by atoms with Crippen molar-refractivity contribution in [3.63, 3.8) is 0 Å². The fourth-order valence-corrected chi connectivity index (χ4v) is 3.64. The molecule has 2 unspecified atom stereocenters. The van der Waals surface area contributed by atoms with E-state index in [4.69, 9.17) is 4.98 Å². The van der Waals surface area contributed by atoms with Crippen LogP contribution in [0.3, 0.4) is 0 Å². The molecule has 3 rings (SSSR count). The van der Waals surface area contributed by atoms with Gasteiger partial charge in [0.1, 0.15) is 5.82 Å². The first-order valence-electron chi connectivity index (χ1n) is 7.90. The first-order valence-corrected chi connectivity index (χ1v) is 7.90. The topological polar surface area (TPSA) is 41.1 Å². The highest BCUT2D eigenvalue weighted by atomic mass is 15.2. The summed E-state index contributed by atoms with van der Waals surface area (Å²) >= 11 is 0. The van der Waals surface area contributed by atoms with Gasteiger partial charge in [0.2, 0.25) is 0 Å². The molecule has 110 valence electrons. The highest BCUT2D eigenvalue weighted by Gasteiger charge is 2.39. The molecule has 1 aromatic heterocycles.